The maximum atomic E-state index is 9.15. The molecule has 1 unspecified atom stereocenters. The minimum atomic E-state index is 0.197. The van der Waals surface area contributed by atoms with Gasteiger partial charge in [0.05, 0.1) is 21.4 Å². The fraction of sp³-hybridized carbons (Fsp3) is 0.538. The minimum Gasteiger partial charge on any atom is -0.397 e. The lowest BCUT2D eigenvalue weighted by Gasteiger charge is -2.38. The van der Waals surface area contributed by atoms with Gasteiger partial charge in [0.15, 0.2) is 0 Å². The Balaban J connectivity index is 2.30. The number of aliphatic hydroxyl groups excluding tert-OH is 1. The third kappa shape index (κ3) is 2.85. The molecule has 0 aromatic heterocycles. The first-order valence-corrected chi connectivity index (χ1v) is 7.01. The van der Waals surface area contributed by atoms with E-state index in [1.807, 2.05) is 6.07 Å². The van der Waals surface area contributed by atoms with Gasteiger partial charge in [-0.25, -0.2) is 0 Å². The van der Waals surface area contributed by atoms with E-state index in [1.165, 1.54) is 6.42 Å². The molecule has 0 bridgehead atoms. The number of benzene rings is 1. The van der Waals surface area contributed by atoms with Crippen LogP contribution in [0, 0.1) is 0 Å². The van der Waals surface area contributed by atoms with Gasteiger partial charge in [-0.3, -0.25) is 0 Å². The average molecular weight is 289 g/mol. The topological polar surface area (TPSA) is 49.5 Å². The molecule has 1 saturated heterocycles. The standard InChI is InChI=1S/C13H18Cl2N2O/c14-10-7-12(16)13(8-11(10)15)17-5-2-1-3-9(17)4-6-18/h7-9,18H,1-6,16H2. The van der Waals surface area contributed by atoms with Crippen molar-refractivity contribution >= 4 is 34.6 Å². The van der Waals surface area contributed by atoms with Gasteiger partial charge in [0.1, 0.15) is 0 Å². The van der Waals surface area contributed by atoms with E-state index >= 15 is 0 Å². The van der Waals surface area contributed by atoms with Crippen LogP contribution in [0.15, 0.2) is 12.1 Å². The summed E-state index contributed by atoms with van der Waals surface area (Å²) >= 11 is 12.0. The summed E-state index contributed by atoms with van der Waals surface area (Å²) in [5.74, 6) is 0. The summed E-state index contributed by atoms with van der Waals surface area (Å²) in [6.45, 7) is 1.15. The number of rotatable bonds is 3. The third-order valence-corrected chi connectivity index (χ3v) is 4.19. The Hall–Kier alpha value is -0.640. The van der Waals surface area contributed by atoms with Crippen LogP contribution in [0.2, 0.25) is 10.0 Å². The molecular formula is C13H18Cl2N2O. The Morgan fingerprint density at radius 2 is 2.00 bits per heavy atom. The summed E-state index contributed by atoms with van der Waals surface area (Å²) < 4.78 is 0. The van der Waals surface area contributed by atoms with Crippen LogP contribution in [0.5, 0.6) is 0 Å². The maximum absolute atomic E-state index is 9.15. The van der Waals surface area contributed by atoms with E-state index in [-0.39, 0.29) is 6.61 Å². The molecule has 3 N–H and O–H groups in total. The summed E-state index contributed by atoms with van der Waals surface area (Å²) in [6.07, 6.45) is 4.18. The SMILES string of the molecule is Nc1cc(Cl)c(Cl)cc1N1CCCCC1CCO. The predicted molar refractivity (Wildman–Crippen MR) is 77.6 cm³/mol. The van der Waals surface area contributed by atoms with E-state index < -0.39 is 0 Å². The summed E-state index contributed by atoms with van der Waals surface area (Å²) in [5.41, 5.74) is 7.61. The molecule has 1 aliphatic heterocycles. The second kappa shape index (κ2) is 6.00. The molecule has 100 valence electrons. The van der Waals surface area contributed by atoms with Gasteiger partial charge in [-0.15, -0.1) is 0 Å². The minimum absolute atomic E-state index is 0.197. The lowest BCUT2D eigenvalue weighted by molar-refractivity contribution is 0.262. The first-order valence-electron chi connectivity index (χ1n) is 6.25. The molecule has 5 heteroatoms. The smallest absolute Gasteiger partial charge is 0.0618 e. The van der Waals surface area contributed by atoms with E-state index in [1.54, 1.807) is 6.07 Å². The first kappa shape index (κ1) is 13.8. The van der Waals surface area contributed by atoms with E-state index in [0.29, 0.717) is 21.8 Å². The highest BCUT2D eigenvalue weighted by atomic mass is 35.5. The normalized spacial score (nSPS) is 20.2. The number of halogens is 2. The van der Waals surface area contributed by atoms with Gasteiger partial charge in [-0.05, 0) is 37.8 Å². The molecule has 18 heavy (non-hydrogen) atoms. The fourth-order valence-corrected chi connectivity index (χ4v) is 2.90. The molecule has 0 saturated carbocycles. The lowest BCUT2D eigenvalue weighted by atomic mass is 9.98. The highest BCUT2D eigenvalue weighted by Crippen LogP contribution is 2.36. The van der Waals surface area contributed by atoms with Crippen LogP contribution in [0.3, 0.4) is 0 Å². The lowest BCUT2D eigenvalue weighted by Crippen LogP contribution is -2.40. The Labute approximate surface area is 117 Å². The maximum Gasteiger partial charge on any atom is 0.0618 e. The van der Waals surface area contributed by atoms with Crippen LogP contribution in [0.4, 0.5) is 11.4 Å². The van der Waals surface area contributed by atoms with Gasteiger partial charge in [0, 0.05) is 19.2 Å². The van der Waals surface area contributed by atoms with Gasteiger partial charge in [-0.2, -0.15) is 0 Å². The van der Waals surface area contributed by atoms with Gasteiger partial charge in [0.2, 0.25) is 0 Å². The number of piperidine rings is 1. The molecule has 1 heterocycles. The van der Waals surface area contributed by atoms with Gasteiger partial charge in [0.25, 0.3) is 0 Å². The quantitative estimate of drug-likeness (QED) is 0.839. The molecule has 0 aliphatic carbocycles. The highest BCUT2D eigenvalue weighted by Gasteiger charge is 2.24. The Kier molecular flexibility index (Phi) is 4.60. The van der Waals surface area contributed by atoms with E-state index in [2.05, 4.69) is 4.90 Å². The number of nitrogens with two attached hydrogens (primary N) is 1. The Morgan fingerprint density at radius 3 is 2.72 bits per heavy atom. The van der Waals surface area contributed by atoms with Crippen molar-refractivity contribution in [2.45, 2.75) is 31.7 Å². The van der Waals surface area contributed by atoms with Crippen molar-refractivity contribution in [2.24, 2.45) is 0 Å². The van der Waals surface area contributed by atoms with E-state index in [4.69, 9.17) is 34.0 Å². The molecule has 0 amide bonds. The Bertz CT molecular complexity index is 424. The number of hydrogen-bond donors (Lipinski definition) is 2. The number of aliphatic hydroxyl groups is 1. The van der Waals surface area contributed by atoms with Crippen LogP contribution in [0.25, 0.3) is 0 Å². The van der Waals surface area contributed by atoms with Crippen molar-refractivity contribution in [3.8, 4) is 0 Å². The van der Waals surface area contributed by atoms with Crippen LogP contribution in [-0.2, 0) is 0 Å². The first-order chi connectivity index (χ1) is 8.63. The van der Waals surface area contributed by atoms with Gasteiger partial charge in [-0.1, -0.05) is 23.2 Å². The summed E-state index contributed by atoms with van der Waals surface area (Å²) in [6, 6.07) is 3.86. The van der Waals surface area contributed by atoms with Crippen molar-refractivity contribution in [3.63, 3.8) is 0 Å². The van der Waals surface area contributed by atoms with Crippen LogP contribution in [0.1, 0.15) is 25.7 Å². The number of nitrogens with zero attached hydrogens (tertiary/aromatic N) is 1. The molecule has 2 rings (SSSR count). The van der Waals surface area contributed by atoms with Crippen molar-refractivity contribution in [1.82, 2.24) is 0 Å². The zero-order valence-corrected chi connectivity index (χ0v) is 11.7. The van der Waals surface area contributed by atoms with Crippen molar-refractivity contribution < 1.29 is 5.11 Å². The largest absolute Gasteiger partial charge is 0.397 e. The fourth-order valence-electron chi connectivity index (χ4n) is 2.57. The zero-order valence-electron chi connectivity index (χ0n) is 10.2. The summed E-state index contributed by atoms with van der Waals surface area (Å²) in [7, 11) is 0. The zero-order chi connectivity index (χ0) is 13.1. The Morgan fingerprint density at radius 1 is 1.28 bits per heavy atom. The summed E-state index contributed by atoms with van der Waals surface area (Å²) in [5, 5.41) is 10.1. The molecule has 0 radical (unpaired) electrons. The molecule has 1 fully saturated rings. The third-order valence-electron chi connectivity index (χ3n) is 3.47. The second-order valence-electron chi connectivity index (χ2n) is 4.68. The van der Waals surface area contributed by atoms with Gasteiger partial charge < -0.3 is 15.7 Å². The monoisotopic (exact) mass is 288 g/mol. The van der Waals surface area contributed by atoms with Crippen molar-refractivity contribution in [2.75, 3.05) is 23.8 Å². The van der Waals surface area contributed by atoms with Crippen LogP contribution < -0.4 is 10.6 Å². The van der Waals surface area contributed by atoms with Crippen molar-refractivity contribution in [1.29, 1.82) is 0 Å². The molecule has 3 nitrogen and oxygen atoms in total. The molecule has 1 atom stereocenters. The number of hydrogen-bond acceptors (Lipinski definition) is 3. The molecule has 0 spiro atoms. The van der Waals surface area contributed by atoms with Crippen LogP contribution >= 0.6 is 23.2 Å². The number of nitrogen functional groups attached to an aromatic ring is 1. The molecule has 1 aromatic rings. The molecule has 1 aliphatic rings. The van der Waals surface area contributed by atoms with Crippen molar-refractivity contribution in [3.05, 3.63) is 22.2 Å². The summed E-state index contributed by atoms with van der Waals surface area (Å²) in [4.78, 5) is 2.25. The average Bonchev–Trinajstić information content (AvgIpc) is 2.35. The molecule has 1 aromatic carbocycles. The number of anilines is 2. The van der Waals surface area contributed by atoms with Crippen LogP contribution in [-0.4, -0.2) is 24.3 Å². The second-order valence-corrected chi connectivity index (χ2v) is 5.49. The van der Waals surface area contributed by atoms with E-state index in [9.17, 15) is 0 Å². The molecular weight excluding hydrogens is 271 g/mol. The van der Waals surface area contributed by atoms with Gasteiger partial charge >= 0.3 is 0 Å². The van der Waals surface area contributed by atoms with E-state index in [0.717, 1.165) is 31.5 Å². The highest BCUT2D eigenvalue weighted by molar-refractivity contribution is 6.42. The predicted octanol–water partition coefficient (Wildman–Crippen LogP) is 3.32.